The molecule has 1 saturated carbocycles. The highest BCUT2D eigenvalue weighted by Gasteiger charge is 2.37. The molecule has 1 unspecified atom stereocenters. The number of carbonyl (C=O) groups excluding carboxylic acids is 1. The molecule has 0 aromatic rings. The van der Waals surface area contributed by atoms with Crippen molar-refractivity contribution in [3.05, 3.63) is 12.7 Å². The SMILES string of the molecule is C=CCCOC(C(=O)OC)C1CC1. The minimum atomic E-state index is -0.343. The van der Waals surface area contributed by atoms with Crippen LogP contribution in [0.5, 0.6) is 0 Å². The number of methoxy groups -OCH3 is 1. The Kier molecular flexibility index (Phi) is 3.96. The lowest BCUT2D eigenvalue weighted by atomic mass is 10.2. The second-order valence-corrected chi connectivity index (χ2v) is 3.23. The zero-order chi connectivity index (χ0) is 9.68. The maximum atomic E-state index is 11.2. The van der Waals surface area contributed by atoms with Crippen LogP contribution in [0.1, 0.15) is 19.3 Å². The first-order valence-electron chi connectivity index (χ1n) is 4.60. The third kappa shape index (κ3) is 3.19. The molecule has 0 aromatic heterocycles. The fourth-order valence-electron chi connectivity index (χ4n) is 1.19. The summed E-state index contributed by atoms with van der Waals surface area (Å²) in [6, 6.07) is 0. The van der Waals surface area contributed by atoms with Gasteiger partial charge in [-0.2, -0.15) is 0 Å². The van der Waals surface area contributed by atoms with Crippen LogP contribution in [0.3, 0.4) is 0 Å². The Morgan fingerprint density at radius 1 is 1.69 bits per heavy atom. The van der Waals surface area contributed by atoms with Gasteiger partial charge < -0.3 is 9.47 Å². The molecule has 0 bridgehead atoms. The molecule has 1 atom stereocenters. The summed E-state index contributed by atoms with van der Waals surface area (Å²) in [7, 11) is 1.40. The van der Waals surface area contributed by atoms with E-state index in [0.29, 0.717) is 12.5 Å². The predicted octanol–water partition coefficient (Wildman–Crippen LogP) is 1.53. The normalized spacial score (nSPS) is 17.9. The molecule has 3 heteroatoms. The molecule has 0 radical (unpaired) electrons. The highest BCUT2D eigenvalue weighted by molar-refractivity contribution is 5.75. The van der Waals surface area contributed by atoms with Gasteiger partial charge in [0, 0.05) is 0 Å². The standard InChI is InChI=1S/C10H16O3/c1-3-4-7-13-9(8-5-6-8)10(11)12-2/h3,8-9H,1,4-7H2,2H3. The zero-order valence-corrected chi connectivity index (χ0v) is 7.99. The smallest absolute Gasteiger partial charge is 0.335 e. The quantitative estimate of drug-likeness (QED) is 0.357. The molecule has 1 fully saturated rings. The zero-order valence-electron chi connectivity index (χ0n) is 7.99. The maximum Gasteiger partial charge on any atom is 0.335 e. The fraction of sp³-hybridized carbons (Fsp3) is 0.700. The van der Waals surface area contributed by atoms with Gasteiger partial charge in [0.05, 0.1) is 13.7 Å². The highest BCUT2D eigenvalue weighted by atomic mass is 16.6. The van der Waals surface area contributed by atoms with E-state index in [9.17, 15) is 4.79 Å². The molecule has 0 aliphatic heterocycles. The Hall–Kier alpha value is -0.830. The first-order chi connectivity index (χ1) is 6.29. The van der Waals surface area contributed by atoms with Crippen molar-refractivity contribution in [3.8, 4) is 0 Å². The molecule has 3 nitrogen and oxygen atoms in total. The summed E-state index contributed by atoms with van der Waals surface area (Å²) in [4.78, 5) is 11.2. The highest BCUT2D eigenvalue weighted by Crippen LogP contribution is 2.34. The Morgan fingerprint density at radius 3 is 2.85 bits per heavy atom. The van der Waals surface area contributed by atoms with E-state index in [0.717, 1.165) is 19.3 Å². The van der Waals surface area contributed by atoms with Crippen molar-refractivity contribution < 1.29 is 14.3 Å². The number of rotatable bonds is 6. The van der Waals surface area contributed by atoms with Crippen LogP contribution in [-0.2, 0) is 14.3 Å². The van der Waals surface area contributed by atoms with E-state index in [-0.39, 0.29) is 12.1 Å². The first kappa shape index (κ1) is 10.3. The molecule has 1 rings (SSSR count). The summed E-state index contributed by atoms with van der Waals surface area (Å²) in [5.41, 5.74) is 0. The number of carbonyl (C=O) groups is 1. The van der Waals surface area contributed by atoms with Crippen molar-refractivity contribution in [2.24, 2.45) is 5.92 Å². The lowest BCUT2D eigenvalue weighted by molar-refractivity contribution is -0.155. The van der Waals surface area contributed by atoms with Gasteiger partial charge in [-0.05, 0) is 25.2 Å². The van der Waals surface area contributed by atoms with E-state index in [1.54, 1.807) is 6.08 Å². The van der Waals surface area contributed by atoms with Crippen LogP contribution in [0.15, 0.2) is 12.7 Å². The molecular weight excluding hydrogens is 168 g/mol. The van der Waals surface area contributed by atoms with E-state index in [4.69, 9.17) is 4.74 Å². The van der Waals surface area contributed by atoms with Crippen molar-refractivity contribution in [2.75, 3.05) is 13.7 Å². The Bertz CT molecular complexity index is 185. The van der Waals surface area contributed by atoms with Crippen LogP contribution < -0.4 is 0 Å². The number of esters is 1. The largest absolute Gasteiger partial charge is 0.467 e. The summed E-state index contributed by atoms with van der Waals surface area (Å²) in [5.74, 6) is 0.142. The lowest BCUT2D eigenvalue weighted by Crippen LogP contribution is -2.28. The van der Waals surface area contributed by atoms with Crippen LogP contribution in [-0.4, -0.2) is 25.8 Å². The van der Waals surface area contributed by atoms with Crippen LogP contribution >= 0.6 is 0 Å². The van der Waals surface area contributed by atoms with Crippen LogP contribution in [0.2, 0.25) is 0 Å². The molecule has 0 aromatic carbocycles. The van der Waals surface area contributed by atoms with Gasteiger partial charge in [-0.15, -0.1) is 6.58 Å². The van der Waals surface area contributed by atoms with Crippen LogP contribution in [0.4, 0.5) is 0 Å². The Balaban J connectivity index is 2.29. The molecule has 13 heavy (non-hydrogen) atoms. The van der Waals surface area contributed by atoms with Crippen molar-refractivity contribution >= 4 is 5.97 Å². The Morgan fingerprint density at radius 2 is 2.38 bits per heavy atom. The molecular formula is C10H16O3. The van der Waals surface area contributed by atoms with Gasteiger partial charge in [0.15, 0.2) is 6.10 Å². The first-order valence-corrected chi connectivity index (χ1v) is 4.60. The average molecular weight is 184 g/mol. The van der Waals surface area contributed by atoms with E-state index < -0.39 is 0 Å². The summed E-state index contributed by atoms with van der Waals surface area (Å²) < 4.78 is 10.1. The average Bonchev–Trinajstić information content (AvgIpc) is 2.95. The Labute approximate surface area is 78.7 Å². The van der Waals surface area contributed by atoms with E-state index >= 15 is 0 Å². The minimum absolute atomic E-state index is 0.244. The summed E-state index contributed by atoms with van der Waals surface area (Å²) in [6.45, 7) is 4.14. The topological polar surface area (TPSA) is 35.5 Å². The molecule has 0 spiro atoms. The van der Waals surface area contributed by atoms with Gasteiger partial charge in [0.1, 0.15) is 0 Å². The van der Waals surface area contributed by atoms with Crippen molar-refractivity contribution in [1.29, 1.82) is 0 Å². The van der Waals surface area contributed by atoms with Crippen molar-refractivity contribution in [2.45, 2.75) is 25.4 Å². The van der Waals surface area contributed by atoms with Gasteiger partial charge in [0.25, 0.3) is 0 Å². The number of hydrogen-bond donors (Lipinski definition) is 0. The molecule has 1 aliphatic carbocycles. The van der Waals surface area contributed by atoms with Gasteiger partial charge in [0.2, 0.25) is 0 Å². The minimum Gasteiger partial charge on any atom is -0.467 e. The van der Waals surface area contributed by atoms with Gasteiger partial charge in [-0.3, -0.25) is 0 Å². The monoisotopic (exact) mass is 184 g/mol. The van der Waals surface area contributed by atoms with Crippen LogP contribution in [0, 0.1) is 5.92 Å². The molecule has 0 saturated heterocycles. The summed E-state index contributed by atoms with van der Waals surface area (Å²) >= 11 is 0. The number of hydrogen-bond acceptors (Lipinski definition) is 3. The number of ether oxygens (including phenoxy) is 2. The third-order valence-electron chi connectivity index (χ3n) is 2.10. The molecule has 74 valence electrons. The molecule has 0 amide bonds. The second kappa shape index (κ2) is 5.02. The van der Waals surface area contributed by atoms with Crippen LogP contribution in [0.25, 0.3) is 0 Å². The molecule has 0 heterocycles. The summed E-state index contributed by atoms with van der Waals surface area (Å²) in [5, 5.41) is 0. The lowest BCUT2D eigenvalue weighted by Gasteiger charge is -2.13. The van der Waals surface area contributed by atoms with Gasteiger partial charge in [-0.1, -0.05) is 6.08 Å². The van der Waals surface area contributed by atoms with Crippen molar-refractivity contribution in [3.63, 3.8) is 0 Å². The molecule has 1 aliphatic rings. The second-order valence-electron chi connectivity index (χ2n) is 3.23. The van der Waals surface area contributed by atoms with Gasteiger partial charge in [-0.25, -0.2) is 4.79 Å². The fourth-order valence-corrected chi connectivity index (χ4v) is 1.19. The van der Waals surface area contributed by atoms with Gasteiger partial charge >= 0.3 is 5.97 Å². The van der Waals surface area contributed by atoms with Crippen molar-refractivity contribution in [1.82, 2.24) is 0 Å². The predicted molar refractivity (Wildman–Crippen MR) is 49.3 cm³/mol. The van der Waals surface area contributed by atoms with E-state index in [1.165, 1.54) is 7.11 Å². The maximum absolute atomic E-state index is 11.2. The molecule has 0 N–H and O–H groups in total. The van der Waals surface area contributed by atoms with E-state index in [2.05, 4.69) is 11.3 Å². The third-order valence-corrected chi connectivity index (χ3v) is 2.10. The summed E-state index contributed by atoms with van der Waals surface area (Å²) in [6.07, 6.45) is 4.37. The van der Waals surface area contributed by atoms with E-state index in [1.807, 2.05) is 0 Å².